The van der Waals surface area contributed by atoms with Crippen LogP contribution in [0.15, 0.2) is 114 Å². The predicted octanol–water partition coefficient (Wildman–Crippen LogP) is 5.90. The summed E-state index contributed by atoms with van der Waals surface area (Å²) in [6, 6.07) is 38.3. The van der Waals surface area contributed by atoms with Gasteiger partial charge in [0, 0.05) is 27.2 Å². The van der Waals surface area contributed by atoms with Crippen LogP contribution in [0, 0.1) is 0 Å². The summed E-state index contributed by atoms with van der Waals surface area (Å²) in [5.41, 5.74) is 5.34. The van der Waals surface area contributed by atoms with Crippen molar-refractivity contribution in [1.29, 1.82) is 0 Å². The molecule has 0 spiro atoms. The standard InChI is InChI=1S/C31H20N4/c1-2-11-21(12-3-1)34-27-16-8-5-13-22(27)24-19-25-23-14-6-9-17-28(23)35(31(25)33-30(24)34)29-18-20-10-4-7-15-26(20)32-29/h1-19,29H. The molecule has 3 aromatic heterocycles. The minimum Gasteiger partial charge on any atom is -0.299 e. The van der Waals surface area contributed by atoms with Crippen molar-refractivity contribution in [3.8, 4) is 5.69 Å². The molecule has 4 aromatic carbocycles. The Morgan fingerprint density at radius 2 is 1.23 bits per heavy atom. The highest BCUT2D eigenvalue weighted by molar-refractivity contribution is 6.16. The Balaban J connectivity index is 1.54. The summed E-state index contributed by atoms with van der Waals surface area (Å²) < 4.78 is 4.56. The first-order chi connectivity index (χ1) is 17.4. The third-order valence-electron chi connectivity index (χ3n) is 7.13. The molecule has 164 valence electrons. The fourth-order valence-electron chi connectivity index (χ4n) is 5.61. The molecule has 1 aliphatic heterocycles. The number of aromatic nitrogens is 3. The van der Waals surface area contributed by atoms with Crippen LogP contribution in [0.3, 0.4) is 0 Å². The van der Waals surface area contributed by atoms with Gasteiger partial charge in [-0.05, 0) is 47.7 Å². The van der Waals surface area contributed by atoms with Crippen molar-refractivity contribution in [2.45, 2.75) is 6.17 Å². The Kier molecular flexibility index (Phi) is 3.69. The monoisotopic (exact) mass is 448 g/mol. The summed E-state index contributed by atoms with van der Waals surface area (Å²) in [5, 5.41) is 6.93. The zero-order valence-electron chi connectivity index (χ0n) is 18.8. The van der Waals surface area contributed by atoms with Gasteiger partial charge < -0.3 is 0 Å². The van der Waals surface area contributed by atoms with E-state index in [4.69, 9.17) is 9.98 Å². The van der Waals surface area contributed by atoms with Crippen LogP contribution in [0.1, 0.15) is 6.17 Å². The van der Waals surface area contributed by atoms with E-state index in [0.29, 0.717) is 0 Å². The second kappa shape index (κ2) is 6.90. The molecule has 0 saturated heterocycles. The van der Waals surface area contributed by atoms with Crippen molar-refractivity contribution in [3.63, 3.8) is 0 Å². The molecule has 0 fully saturated rings. The summed E-state index contributed by atoms with van der Waals surface area (Å²) in [7, 11) is 0. The van der Waals surface area contributed by atoms with E-state index >= 15 is 0 Å². The van der Waals surface area contributed by atoms with E-state index in [2.05, 4.69) is 118 Å². The summed E-state index contributed by atoms with van der Waals surface area (Å²) >= 11 is 0. The molecule has 4 heterocycles. The van der Waals surface area contributed by atoms with E-state index in [0.717, 1.165) is 44.1 Å². The lowest BCUT2D eigenvalue weighted by Crippen LogP contribution is -2.19. The Morgan fingerprint density at radius 1 is 0.571 bits per heavy atom. The molecule has 4 heteroatoms. The third-order valence-corrected chi connectivity index (χ3v) is 7.13. The van der Waals surface area contributed by atoms with Crippen LogP contribution < -0.4 is 10.6 Å². The second-order valence-electron chi connectivity index (χ2n) is 9.07. The highest BCUT2D eigenvalue weighted by Crippen LogP contribution is 2.38. The molecule has 35 heavy (non-hydrogen) atoms. The molecule has 8 rings (SSSR count). The predicted molar refractivity (Wildman–Crippen MR) is 142 cm³/mol. The van der Waals surface area contributed by atoms with E-state index in [1.165, 1.54) is 16.0 Å². The van der Waals surface area contributed by atoms with Gasteiger partial charge in [0.2, 0.25) is 0 Å². The number of rotatable bonds is 2. The number of hydrogen-bond acceptors (Lipinski definition) is 2. The van der Waals surface area contributed by atoms with E-state index in [1.54, 1.807) is 0 Å². The smallest absolute Gasteiger partial charge is 0.148 e. The van der Waals surface area contributed by atoms with E-state index < -0.39 is 0 Å². The number of nitrogens with zero attached hydrogens (tertiary/aromatic N) is 4. The Bertz CT molecular complexity index is 2030. The molecule has 1 unspecified atom stereocenters. The molecule has 0 aliphatic carbocycles. The van der Waals surface area contributed by atoms with Crippen LogP contribution in [0.2, 0.25) is 0 Å². The van der Waals surface area contributed by atoms with Crippen molar-refractivity contribution >= 4 is 49.9 Å². The van der Waals surface area contributed by atoms with Gasteiger partial charge in [-0.2, -0.15) is 0 Å². The third kappa shape index (κ3) is 2.56. The maximum Gasteiger partial charge on any atom is 0.148 e. The first-order valence-corrected chi connectivity index (χ1v) is 11.9. The molecule has 1 aliphatic rings. The van der Waals surface area contributed by atoms with E-state index in [1.807, 2.05) is 6.07 Å². The number of pyridine rings is 1. The van der Waals surface area contributed by atoms with Crippen LogP contribution in [0.5, 0.6) is 0 Å². The average molecular weight is 449 g/mol. The van der Waals surface area contributed by atoms with Gasteiger partial charge in [0.15, 0.2) is 0 Å². The van der Waals surface area contributed by atoms with Crippen LogP contribution in [0.25, 0.3) is 55.6 Å². The van der Waals surface area contributed by atoms with Gasteiger partial charge in [-0.15, -0.1) is 0 Å². The molecule has 0 amide bonds. The van der Waals surface area contributed by atoms with Crippen molar-refractivity contribution < 1.29 is 0 Å². The Morgan fingerprint density at radius 3 is 2.06 bits per heavy atom. The van der Waals surface area contributed by atoms with Gasteiger partial charge >= 0.3 is 0 Å². The highest BCUT2D eigenvalue weighted by Gasteiger charge is 2.22. The molecule has 1 atom stereocenters. The SMILES string of the molecule is C1=c2ccccc2=NC1n1c2ccccc2c2cc3c4ccccc4n(-c4ccccc4)c3nc21. The molecule has 0 N–H and O–H groups in total. The maximum absolute atomic E-state index is 5.38. The van der Waals surface area contributed by atoms with Gasteiger partial charge in [-0.1, -0.05) is 72.8 Å². The van der Waals surface area contributed by atoms with Gasteiger partial charge in [-0.25, -0.2) is 4.98 Å². The topological polar surface area (TPSA) is 35.1 Å². The molecule has 0 saturated carbocycles. The van der Waals surface area contributed by atoms with Crippen LogP contribution in [-0.4, -0.2) is 14.1 Å². The maximum atomic E-state index is 5.38. The summed E-state index contributed by atoms with van der Waals surface area (Å²) in [6.07, 6.45) is 2.11. The molecule has 4 nitrogen and oxygen atoms in total. The number of fused-ring (bicyclic) bond motifs is 7. The lowest BCUT2D eigenvalue weighted by atomic mass is 10.1. The fraction of sp³-hybridized carbons (Fsp3) is 0.0323. The van der Waals surface area contributed by atoms with Gasteiger partial charge in [0.05, 0.1) is 16.4 Å². The quantitative estimate of drug-likeness (QED) is 0.324. The van der Waals surface area contributed by atoms with Crippen molar-refractivity contribution in [1.82, 2.24) is 14.1 Å². The fourth-order valence-corrected chi connectivity index (χ4v) is 5.61. The van der Waals surface area contributed by atoms with Gasteiger partial charge in [-0.3, -0.25) is 14.1 Å². The average Bonchev–Trinajstić information content (AvgIpc) is 3.57. The van der Waals surface area contributed by atoms with Crippen LogP contribution in [-0.2, 0) is 0 Å². The molecule has 0 radical (unpaired) electrons. The zero-order chi connectivity index (χ0) is 22.9. The summed E-state index contributed by atoms with van der Waals surface area (Å²) in [6.45, 7) is 0. The second-order valence-corrected chi connectivity index (χ2v) is 9.07. The van der Waals surface area contributed by atoms with Crippen LogP contribution >= 0.6 is 0 Å². The first-order valence-electron chi connectivity index (χ1n) is 11.9. The number of para-hydroxylation sites is 4. The lowest BCUT2D eigenvalue weighted by molar-refractivity contribution is 0.701. The zero-order valence-corrected chi connectivity index (χ0v) is 18.8. The number of benzene rings is 4. The van der Waals surface area contributed by atoms with Crippen molar-refractivity contribution in [2.24, 2.45) is 4.99 Å². The summed E-state index contributed by atoms with van der Waals surface area (Å²) in [4.78, 5) is 10.4. The largest absolute Gasteiger partial charge is 0.299 e. The van der Waals surface area contributed by atoms with Gasteiger partial charge in [0.25, 0.3) is 0 Å². The minimum atomic E-state index is -0.130. The minimum absolute atomic E-state index is 0.130. The van der Waals surface area contributed by atoms with E-state index in [-0.39, 0.29) is 6.17 Å². The Hall–Kier alpha value is -4.70. The normalized spacial score (nSPS) is 15.0. The highest BCUT2D eigenvalue weighted by atomic mass is 15.2. The Labute approximate surface area is 200 Å². The van der Waals surface area contributed by atoms with E-state index in [9.17, 15) is 0 Å². The molecule has 0 bridgehead atoms. The van der Waals surface area contributed by atoms with Gasteiger partial charge in [0.1, 0.15) is 17.5 Å². The molecular formula is C31H20N4. The van der Waals surface area contributed by atoms with Crippen LogP contribution in [0.4, 0.5) is 0 Å². The first kappa shape index (κ1) is 18.7. The molecular weight excluding hydrogens is 428 g/mol. The van der Waals surface area contributed by atoms with Crippen molar-refractivity contribution in [2.75, 3.05) is 0 Å². The lowest BCUT2D eigenvalue weighted by Gasteiger charge is -2.11. The van der Waals surface area contributed by atoms with Crippen molar-refractivity contribution in [3.05, 3.63) is 120 Å². The number of hydrogen-bond donors (Lipinski definition) is 0. The molecule has 7 aromatic rings. The summed E-state index contributed by atoms with van der Waals surface area (Å²) in [5.74, 6) is 0.